The van der Waals surface area contributed by atoms with Crippen LogP contribution in [0.3, 0.4) is 0 Å². The molecule has 6 heteroatoms. The van der Waals surface area contributed by atoms with Crippen molar-refractivity contribution in [3.05, 3.63) is 17.5 Å². The van der Waals surface area contributed by atoms with E-state index in [0.29, 0.717) is 12.2 Å². The number of aromatic nitrogens is 2. The molecule has 2 rings (SSSR count). The van der Waals surface area contributed by atoms with Gasteiger partial charge in [-0.2, -0.15) is 5.10 Å². The van der Waals surface area contributed by atoms with Gasteiger partial charge in [-0.25, -0.2) is 4.79 Å². The molecule has 1 aromatic heterocycles. The molecule has 1 aromatic rings. The van der Waals surface area contributed by atoms with Crippen molar-refractivity contribution in [2.24, 2.45) is 13.0 Å². The van der Waals surface area contributed by atoms with Crippen molar-refractivity contribution in [1.29, 1.82) is 0 Å². The number of aryl methyl sites for hydroxylation is 2. The van der Waals surface area contributed by atoms with E-state index < -0.39 is 12.0 Å². The minimum atomic E-state index is -0.938. The van der Waals surface area contributed by atoms with Gasteiger partial charge in [0.05, 0.1) is 5.69 Å². The summed E-state index contributed by atoms with van der Waals surface area (Å²) in [4.78, 5) is 25.0. The number of rotatable bonds is 2. The highest BCUT2D eigenvalue weighted by Gasteiger charge is 2.40. The maximum atomic E-state index is 12.3. The van der Waals surface area contributed by atoms with Crippen molar-refractivity contribution in [1.82, 2.24) is 14.7 Å². The van der Waals surface area contributed by atoms with Gasteiger partial charge in [0.25, 0.3) is 5.91 Å². The average molecular weight is 251 g/mol. The molecule has 1 saturated heterocycles. The summed E-state index contributed by atoms with van der Waals surface area (Å²) < 4.78 is 1.50. The summed E-state index contributed by atoms with van der Waals surface area (Å²) in [5, 5.41) is 13.3. The predicted octanol–water partition coefficient (Wildman–Crippen LogP) is 0.664. The van der Waals surface area contributed by atoms with Gasteiger partial charge in [-0.3, -0.25) is 9.48 Å². The standard InChI is InChI=1S/C12H17N3O3/c1-7-4-5-15(10(7)12(17)18)11(16)9-6-8(2)13-14(9)3/h6-7,10H,4-5H2,1-3H3,(H,17,18). The van der Waals surface area contributed by atoms with Gasteiger partial charge in [0, 0.05) is 13.6 Å². The molecule has 0 aliphatic carbocycles. The van der Waals surface area contributed by atoms with Crippen LogP contribution in [0.2, 0.25) is 0 Å². The lowest BCUT2D eigenvalue weighted by atomic mass is 10.0. The molecule has 1 amide bonds. The number of nitrogens with zero attached hydrogens (tertiary/aromatic N) is 3. The number of amides is 1. The molecule has 2 heterocycles. The SMILES string of the molecule is Cc1cc(C(=O)N2CCC(C)C2C(=O)O)n(C)n1. The fourth-order valence-electron chi connectivity index (χ4n) is 2.51. The zero-order chi connectivity index (χ0) is 13.4. The molecular weight excluding hydrogens is 234 g/mol. The summed E-state index contributed by atoms with van der Waals surface area (Å²) in [7, 11) is 1.69. The fraction of sp³-hybridized carbons (Fsp3) is 0.583. The molecular formula is C12H17N3O3. The van der Waals surface area contributed by atoms with E-state index in [4.69, 9.17) is 0 Å². The summed E-state index contributed by atoms with van der Waals surface area (Å²) in [6, 6.07) is 0.956. The Balaban J connectivity index is 2.29. The predicted molar refractivity (Wildman–Crippen MR) is 64.2 cm³/mol. The Morgan fingerprint density at radius 1 is 1.50 bits per heavy atom. The Hall–Kier alpha value is -1.85. The lowest BCUT2D eigenvalue weighted by molar-refractivity contribution is -0.142. The van der Waals surface area contributed by atoms with Gasteiger partial charge < -0.3 is 10.0 Å². The quantitative estimate of drug-likeness (QED) is 0.838. The van der Waals surface area contributed by atoms with Crippen LogP contribution in [-0.2, 0) is 11.8 Å². The Bertz CT molecular complexity index is 495. The van der Waals surface area contributed by atoms with Crippen molar-refractivity contribution in [2.75, 3.05) is 6.54 Å². The highest BCUT2D eigenvalue weighted by atomic mass is 16.4. The van der Waals surface area contributed by atoms with Gasteiger partial charge in [0.2, 0.25) is 0 Å². The molecule has 2 unspecified atom stereocenters. The largest absolute Gasteiger partial charge is 0.480 e. The number of likely N-dealkylation sites (tertiary alicyclic amines) is 1. The topological polar surface area (TPSA) is 75.4 Å². The monoisotopic (exact) mass is 251 g/mol. The van der Waals surface area contributed by atoms with Crippen LogP contribution < -0.4 is 0 Å². The van der Waals surface area contributed by atoms with Crippen LogP contribution in [0.25, 0.3) is 0 Å². The van der Waals surface area contributed by atoms with Crippen LogP contribution in [0.1, 0.15) is 29.5 Å². The Morgan fingerprint density at radius 3 is 2.67 bits per heavy atom. The van der Waals surface area contributed by atoms with Crippen LogP contribution in [0, 0.1) is 12.8 Å². The lowest BCUT2D eigenvalue weighted by Gasteiger charge is -2.23. The minimum Gasteiger partial charge on any atom is -0.480 e. The number of carboxylic acid groups (broad SMARTS) is 1. The first-order valence-electron chi connectivity index (χ1n) is 5.96. The van der Waals surface area contributed by atoms with Crippen LogP contribution in [-0.4, -0.2) is 44.3 Å². The van der Waals surface area contributed by atoms with Crippen LogP contribution in [0.5, 0.6) is 0 Å². The highest BCUT2D eigenvalue weighted by molar-refractivity contribution is 5.95. The number of hydrogen-bond acceptors (Lipinski definition) is 3. The van der Waals surface area contributed by atoms with Gasteiger partial charge in [-0.05, 0) is 25.3 Å². The lowest BCUT2D eigenvalue weighted by Crippen LogP contribution is -2.43. The minimum absolute atomic E-state index is 0.0132. The van der Waals surface area contributed by atoms with Crippen molar-refractivity contribution < 1.29 is 14.7 Å². The first-order valence-corrected chi connectivity index (χ1v) is 5.96. The molecule has 0 spiro atoms. The molecule has 0 aromatic carbocycles. The second-order valence-corrected chi connectivity index (χ2v) is 4.84. The first-order chi connectivity index (χ1) is 8.41. The van der Waals surface area contributed by atoms with Crippen LogP contribution in [0.15, 0.2) is 6.07 Å². The summed E-state index contributed by atoms with van der Waals surface area (Å²) in [6.07, 6.45) is 0.722. The van der Waals surface area contributed by atoms with E-state index in [1.54, 1.807) is 20.0 Å². The van der Waals surface area contributed by atoms with E-state index in [1.165, 1.54) is 9.58 Å². The molecule has 0 radical (unpaired) electrons. The third-order valence-electron chi connectivity index (χ3n) is 3.44. The summed E-state index contributed by atoms with van der Waals surface area (Å²) >= 11 is 0. The Morgan fingerprint density at radius 2 is 2.17 bits per heavy atom. The maximum absolute atomic E-state index is 12.3. The summed E-state index contributed by atoms with van der Waals surface area (Å²) in [6.45, 7) is 4.15. The van der Waals surface area contributed by atoms with Crippen molar-refractivity contribution in [3.8, 4) is 0 Å². The first kappa shape index (κ1) is 12.6. The van der Waals surface area contributed by atoms with Gasteiger partial charge in [0.15, 0.2) is 0 Å². The molecule has 0 bridgehead atoms. The molecule has 18 heavy (non-hydrogen) atoms. The molecule has 6 nitrogen and oxygen atoms in total. The van der Waals surface area contributed by atoms with Gasteiger partial charge in [-0.15, -0.1) is 0 Å². The number of aliphatic carboxylic acids is 1. The third kappa shape index (κ3) is 1.98. The molecule has 98 valence electrons. The van der Waals surface area contributed by atoms with E-state index in [2.05, 4.69) is 5.10 Å². The van der Waals surface area contributed by atoms with Crippen molar-refractivity contribution >= 4 is 11.9 Å². The highest BCUT2D eigenvalue weighted by Crippen LogP contribution is 2.25. The smallest absolute Gasteiger partial charge is 0.326 e. The molecule has 1 N–H and O–H groups in total. The molecule has 2 atom stereocenters. The number of carbonyl (C=O) groups is 2. The second-order valence-electron chi connectivity index (χ2n) is 4.84. The molecule has 0 saturated carbocycles. The Labute approximate surface area is 105 Å². The van der Waals surface area contributed by atoms with Crippen LogP contribution in [0.4, 0.5) is 0 Å². The zero-order valence-electron chi connectivity index (χ0n) is 10.8. The van der Waals surface area contributed by atoms with Gasteiger partial charge >= 0.3 is 5.97 Å². The van der Waals surface area contributed by atoms with Gasteiger partial charge in [-0.1, -0.05) is 6.92 Å². The van der Waals surface area contributed by atoms with E-state index in [1.807, 2.05) is 6.92 Å². The normalized spacial score (nSPS) is 23.4. The van der Waals surface area contributed by atoms with Gasteiger partial charge in [0.1, 0.15) is 11.7 Å². The second kappa shape index (κ2) is 4.44. The van der Waals surface area contributed by atoms with E-state index in [-0.39, 0.29) is 11.8 Å². The van der Waals surface area contributed by atoms with E-state index >= 15 is 0 Å². The summed E-state index contributed by atoms with van der Waals surface area (Å²) in [5.41, 5.74) is 1.19. The molecule has 1 fully saturated rings. The molecule has 1 aliphatic heterocycles. The number of carbonyl (C=O) groups excluding carboxylic acids is 1. The molecule has 1 aliphatic rings. The Kier molecular flexibility index (Phi) is 3.11. The third-order valence-corrected chi connectivity index (χ3v) is 3.44. The van der Waals surface area contributed by atoms with Crippen molar-refractivity contribution in [2.45, 2.75) is 26.3 Å². The summed E-state index contributed by atoms with van der Waals surface area (Å²) in [5.74, 6) is -1.21. The average Bonchev–Trinajstić information content (AvgIpc) is 2.80. The van der Waals surface area contributed by atoms with Crippen molar-refractivity contribution in [3.63, 3.8) is 0 Å². The zero-order valence-corrected chi connectivity index (χ0v) is 10.8. The van der Waals surface area contributed by atoms with E-state index in [9.17, 15) is 14.7 Å². The van der Waals surface area contributed by atoms with E-state index in [0.717, 1.165) is 12.1 Å². The maximum Gasteiger partial charge on any atom is 0.326 e. The number of carboxylic acids is 1. The number of hydrogen-bond donors (Lipinski definition) is 1. The fourth-order valence-corrected chi connectivity index (χ4v) is 2.51. The van der Waals surface area contributed by atoms with Crippen LogP contribution >= 0.6 is 0 Å².